The largest absolute Gasteiger partial charge is 0.370 e. The molecule has 0 bridgehead atoms. The summed E-state index contributed by atoms with van der Waals surface area (Å²) in [6.45, 7) is 0.687. The van der Waals surface area contributed by atoms with Crippen LogP contribution in [0.3, 0.4) is 0 Å². The van der Waals surface area contributed by atoms with Crippen LogP contribution in [-0.4, -0.2) is 18.4 Å². The molecule has 1 aliphatic carbocycles. The maximum Gasteiger partial charge on any atom is 0.251 e. The van der Waals surface area contributed by atoms with Crippen LogP contribution in [0.4, 0.5) is 0 Å². The van der Waals surface area contributed by atoms with E-state index < -0.39 is 0 Å². The highest BCUT2D eigenvalue weighted by molar-refractivity contribution is 5.94. The topological polar surface area (TPSA) is 72.2 Å². The van der Waals surface area contributed by atoms with Crippen molar-refractivity contribution in [3.8, 4) is 0 Å². The van der Waals surface area contributed by atoms with Gasteiger partial charge >= 0.3 is 0 Å². The van der Waals surface area contributed by atoms with Crippen LogP contribution in [-0.2, 0) is 17.6 Å². The Balaban J connectivity index is 1.64. The summed E-state index contributed by atoms with van der Waals surface area (Å²) in [4.78, 5) is 22.6. The summed E-state index contributed by atoms with van der Waals surface area (Å²) in [6.07, 6.45) is 7.67. The molecule has 0 spiro atoms. The number of amides is 2. The summed E-state index contributed by atoms with van der Waals surface area (Å²) in [7, 11) is 0. The normalized spacial score (nSPS) is 13.0. The van der Waals surface area contributed by atoms with Crippen molar-refractivity contribution in [1.82, 2.24) is 5.32 Å². The number of aryl methyl sites for hydroxylation is 2. The van der Waals surface area contributed by atoms with Crippen LogP contribution in [0.1, 0.15) is 60.0 Å². The lowest BCUT2D eigenvalue weighted by Gasteiger charge is -2.07. The fourth-order valence-electron chi connectivity index (χ4n) is 2.79. The zero-order chi connectivity index (χ0) is 15.1. The van der Waals surface area contributed by atoms with E-state index >= 15 is 0 Å². The number of rotatable bonds is 8. The molecule has 4 nitrogen and oxygen atoms in total. The highest BCUT2D eigenvalue weighted by Gasteiger charge is 2.13. The molecule has 1 aromatic carbocycles. The maximum atomic E-state index is 12.1. The molecule has 0 aliphatic heterocycles. The first-order valence-corrected chi connectivity index (χ1v) is 7.85. The fourth-order valence-corrected chi connectivity index (χ4v) is 2.79. The predicted octanol–water partition coefficient (Wildman–Crippen LogP) is 2.34. The Morgan fingerprint density at radius 3 is 2.62 bits per heavy atom. The molecule has 4 heteroatoms. The second kappa shape index (κ2) is 7.81. The molecule has 2 amide bonds. The van der Waals surface area contributed by atoms with E-state index in [1.54, 1.807) is 0 Å². The summed E-state index contributed by atoms with van der Waals surface area (Å²) in [5, 5.41) is 2.96. The van der Waals surface area contributed by atoms with Crippen molar-refractivity contribution >= 4 is 11.8 Å². The highest BCUT2D eigenvalue weighted by atomic mass is 16.1. The lowest BCUT2D eigenvalue weighted by Crippen LogP contribution is -2.24. The smallest absolute Gasteiger partial charge is 0.251 e. The lowest BCUT2D eigenvalue weighted by atomic mass is 10.1. The Hall–Kier alpha value is -1.84. The fraction of sp³-hybridized carbons (Fsp3) is 0.529. The van der Waals surface area contributed by atoms with E-state index in [1.165, 1.54) is 17.5 Å². The Morgan fingerprint density at radius 2 is 1.81 bits per heavy atom. The summed E-state index contributed by atoms with van der Waals surface area (Å²) >= 11 is 0. The third kappa shape index (κ3) is 4.88. The van der Waals surface area contributed by atoms with Gasteiger partial charge in [-0.05, 0) is 55.4 Å². The molecule has 0 aromatic heterocycles. The van der Waals surface area contributed by atoms with E-state index in [4.69, 9.17) is 5.73 Å². The zero-order valence-electron chi connectivity index (χ0n) is 12.5. The first kappa shape index (κ1) is 15.5. The molecule has 0 fully saturated rings. The van der Waals surface area contributed by atoms with E-state index in [0.717, 1.165) is 44.1 Å². The summed E-state index contributed by atoms with van der Waals surface area (Å²) < 4.78 is 0. The van der Waals surface area contributed by atoms with E-state index in [2.05, 4.69) is 11.4 Å². The van der Waals surface area contributed by atoms with E-state index in [9.17, 15) is 9.59 Å². The number of primary amides is 1. The molecule has 0 saturated heterocycles. The van der Waals surface area contributed by atoms with Gasteiger partial charge in [-0.1, -0.05) is 18.9 Å². The van der Waals surface area contributed by atoms with Crippen LogP contribution in [0, 0.1) is 0 Å². The Kier molecular flexibility index (Phi) is 5.78. The van der Waals surface area contributed by atoms with Gasteiger partial charge in [-0.2, -0.15) is 0 Å². The molecule has 2 rings (SSSR count). The van der Waals surface area contributed by atoms with E-state index in [1.807, 2.05) is 12.1 Å². The number of unbranched alkanes of at least 4 members (excludes halogenated alkanes) is 3. The first-order valence-electron chi connectivity index (χ1n) is 7.85. The molecule has 0 atom stereocenters. The van der Waals surface area contributed by atoms with Crippen molar-refractivity contribution in [2.75, 3.05) is 6.54 Å². The molecule has 1 aromatic rings. The second-order valence-electron chi connectivity index (χ2n) is 5.72. The summed E-state index contributed by atoms with van der Waals surface area (Å²) in [5.41, 5.74) is 8.57. The Morgan fingerprint density at radius 1 is 1.05 bits per heavy atom. The molecule has 0 heterocycles. The minimum absolute atomic E-state index is 0.0156. The van der Waals surface area contributed by atoms with Crippen LogP contribution >= 0.6 is 0 Å². The minimum atomic E-state index is -0.236. The average Bonchev–Trinajstić information content (AvgIpc) is 2.93. The van der Waals surface area contributed by atoms with Crippen LogP contribution in [0.5, 0.6) is 0 Å². The van der Waals surface area contributed by atoms with Gasteiger partial charge in [0.05, 0.1) is 0 Å². The van der Waals surface area contributed by atoms with Crippen LogP contribution in [0.25, 0.3) is 0 Å². The molecule has 21 heavy (non-hydrogen) atoms. The molecular formula is C17H24N2O2. The summed E-state index contributed by atoms with van der Waals surface area (Å²) in [5.74, 6) is -0.221. The first-order chi connectivity index (χ1) is 10.2. The van der Waals surface area contributed by atoms with Crippen LogP contribution in [0.15, 0.2) is 18.2 Å². The number of hydrogen-bond donors (Lipinski definition) is 2. The second-order valence-corrected chi connectivity index (χ2v) is 5.72. The van der Waals surface area contributed by atoms with Crippen molar-refractivity contribution < 1.29 is 9.59 Å². The van der Waals surface area contributed by atoms with Crippen molar-refractivity contribution in [1.29, 1.82) is 0 Å². The molecule has 114 valence electrons. The molecule has 0 saturated carbocycles. The number of nitrogens with one attached hydrogen (secondary N) is 1. The standard InChI is InChI=1S/C17H24N2O2/c18-16(20)8-3-1-2-4-11-19-17(21)15-10-9-13-6-5-7-14(13)12-15/h9-10,12H,1-8,11H2,(H2,18,20)(H,19,21). The maximum absolute atomic E-state index is 12.1. The molecule has 3 N–H and O–H groups in total. The number of carbonyl (C=O) groups excluding carboxylic acids is 2. The van der Waals surface area contributed by atoms with Crippen molar-refractivity contribution in [2.24, 2.45) is 5.73 Å². The van der Waals surface area contributed by atoms with Gasteiger partial charge in [0.25, 0.3) is 5.91 Å². The Bertz CT molecular complexity index is 512. The quantitative estimate of drug-likeness (QED) is 0.721. The predicted molar refractivity (Wildman–Crippen MR) is 83.1 cm³/mol. The van der Waals surface area contributed by atoms with Gasteiger partial charge in [0.15, 0.2) is 0 Å². The van der Waals surface area contributed by atoms with Gasteiger partial charge in [0.2, 0.25) is 5.91 Å². The number of fused-ring (bicyclic) bond motifs is 1. The third-order valence-electron chi connectivity index (χ3n) is 4.00. The van der Waals surface area contributed by atoms with Gasteiger partial charge < -0.3 is 11.1 Å². The SMILES string of the molecule is NC(=O)CCCCCCNC(=O)c1ccc2c(c1)CCC2. The van der Waals surface area contributed by atoms with E-state index in [0.29, 0.717) is 13.0 Å². The Labute approximate surface area is 126 Å². The van der Waals surface area contributed by atoms with Gasteiger partial charge in [0, 0.05) is 18.5 Å². The van der Waals surface area contributed by atoms with Gasteiger partial charge in [-0.3, -0.25) is 9.59 Å². The number of carbonyl (C=O) groups is 2. The third-order valence-corrected chi connectivity index (χ3v) is 4.00. The minimum Gasteiger partial charge on any atom is -0.370 e. The van der Waals surface area contributed by atoms with Gasteiger partial charge in [0.1, 0.15) is 0 Å². The van der Waals surface area contributed by atoms with Gasteiger partial charge in [-0.25, -0.2) is 0 Å². The summed E-state index contributed by atoms with van der Waals surface area (Å²) in [6, 6.07) is 6.04. The molecule has 0 unspecified atom stereocenters. The monoisotopic (exact) mass is 288 g/mol. The van der Waals surface area contributed by atoms with Gasteiger partial charge in [-0.15, -0.1) is 0 Å². The number of benzene rings is 1. The highest BCUT2D eigenvalue weighted by Crippen LogP contribution is 2.22. The molecule has 1 aliphatic rings. The molecular weight excluding hydrogens is 264 g/mol. The van der Waals surface area contributed by atoms with Crippen molar-refractivity contribution in [2.45, 2.75) is 51.4 Å². The van der Waals surface area contributed by atoms with Crippen LogP contribution in [0.2, 0.25) is 0 Å². The van der Waals surface area contributed by atoms with Crippen LogP contribution < -0.4 is 11.1 Å². The number of nitrogens with two attached hydrogens (primary N) is 1. The zero-order valence-corrected chi connectivity index (χ0v) is 12.5. The number of hydrogen-bond acceptors (Lipinski definition) is 2. The average molecular weight is 288 g/mol. The van der Waals surface area contributed by atoms with Crippen molar-refractivity contribution in [3.05, 3.63) is 34.9 Å². The lowest BCUT2D eigenvalue weighted by molar-refractivity contribution is -0.118. The van der Waals surface area contributed by atoms with E-state index in [-0.39, 0.29) is 11.8 Å². The van der Waals surface area contributed by atoms with Crippen molar-refractivity contribution in [3.63, 3.8) is 0 Å². The molecule has 0 radical (unpaired) electrons.